The number of nitrogen functional groups attached to an aromatic ring is 1. The van der Waals surface area contributed by atoms with Gasteiger partial charge in [-0.25, -0.2) is 13.1 Å². The van der Waals surface area contributed by atoms with E-state index in [2.05, 4.69) is 18.6 Å². The smallest absolute Gasteiger partial charge is 0.240 e. The topological polar surface area (TPSA) is 72.2 Å². The summed E-state index contributed by atoms with van der Waals surface area (Å²) in [5.41, 5.74) is 7.19. The lowest BCUT2D eigenvalue weighted by molar-refractivity contribution is 0.357. The van der Waals surface area contributed by atoms with Gasteiger partial charge in [0.1, 0.15) is 0 Å². The monoisotopic (exact) mass is 282 g/mol. The van der Waals surface area contributed by atoms with Crippen molar-refractivity contribution < 1.29 is 8.42 Å². The number of hydrogen-bond acceptors (Lipinski definition) is 3. The van der Waals surface area contributed by atoms with Gasteiger partial charge in [-0.1, -0.05) is 13.8 Å². The van der Waals surface area contributed by atoms with Crippen LogP contribution in [-0.2, 0) is 10.0 Å². The summed E-state index contributed by atoms with van der Waals surface area (Å²) < 4.78 is 27.3. The van der Waals surface area contributed by atoms with Crippen LogP contribution in [0, 0.1) is 18.3 Å². The Balaban J connectivity index is 2.15. The fraction of sp³-hybridized carbons (Fsp3) is 0.571. The molecule has 1 aromatic carbocycles. The number of nitrogens with two attached hydrogens (primary N) is 1. The first-order valence-electron chi connectivity index (χ1n) is 6.62. The zero-order valence-corrected chi connectivity index (χ0v) is 12.5. The van der Waals surface area contributed by atoms with Gasteiger partial charge >= 0.3 is 0 Å². The SMILES string of the molecule is Cc1cc(N)cc(S(=O)(=O)NCC2(C(C)C)CC2)c1. The summed E-state index contributed by atoms with van der Waals surface area (Å²) in [5, 5.41) is 0. The molecule has 2 rings (SSSR count). The Labute approximate surface area is 115 Å². The molecule has 0 saturated heterocycles. The third-order valence-electron chi connectivity index (χ3n) is 4.11. The van der Waals surface area contributed by atoms with Gasteiger partial charge < -0.3 is 5.73 Å². The first kappa shape index (κ1) is 14.3. The van der Waals surface area contributed by atoms with Crippen LogP contribution < -0.4 is 10.5 Å². The maximum Gasteiger partial charge on any atom is 0.240 e. The average molecular weight is 282 g/mol. The number of nitrogens with one attached hydrogen (secondary N) is 1. The molecular formula is C14H22N2O2S. The summed E-state index contributed by atoms with van der Waals surface area (Å²) >= 11 is 0. The first-order chi connectivity index (χ1) is 8.75. The summed E-state index contributed by atoms with van der Waals surface area (Å²) in [5.74, 6) is 0.498. The largest absolute Gasteiger partial charge is 0.399 e. The van der Waals surface area contributed by atoms with E-state index in [9.17, 15) is 8.42 Å². The summed E-state index contributed by atoms with van der Waals surface area (Å²) in [6, 6.07) is 4.91. The van der Waals surface area contributed by atoms with E-state index < -0.39 is 10.0 Å². The van der Waals surface area contributed by atoms with Crippen molar-refractivity contribution in [2.75, 3.05) is 12.3 Å². The lowest BCUT2D eigenvalue weighted by Crippen LogP contribution is -2.32. The van der Waals surface area contributed by atoms with E-state index in [0.29, 0.717) is 18.2 Å². The third kappa shape index (κ3) is 3.09. The molecule has 4 nitrogen and oxygen atoms in total. The minimum absolute atomic E-state index is 0.155. The van der Waals surface area contributed by atoms with E-state index >= 15 is 0 Å². The standard InChI is InChI=1S/C14H22N2O2S/c1-10(2)14(4-5-14)9-16-19(17,18)13-7-11(3)6-12(15)8-13/h6-8,10,16H,4-5,9,15H2,1-3H3. The van der Waals surface area contributed by atoms with Gasteiger partial charge in [0.05, 0.1) is 4.90 Å². The van der Waals surface area contributed by atoms with E-state index in [1.807, 2.05) is 6.92 Å². The molecule has 0 amide bonds. The quantitative estimate of drug-likeness (QED) is 0.814. The molecule has 1 fully saturated rings. The highest BCUT2D eigenvalue weighted by atomic mass is 32.2. The van der Waals surface area contributed by atoms with Crippen molar-refractivity contribution >= 4 is 15.7 Å². The molecule has 0 aliphatic heterocycles. The Kier molecular flexibility index (Phi) is 3.62. The Morgan fingerprint density at radius 3 is 2.42 bits per heavy atom. The summed E-state index contributed by atoms with van der Waals surface area (Å²) in [6.45, 7) is 6.64. The second kappa shape index (κ2) is 4.80. The molecule has 1 aliphatic carbocycles. The molecule has 0 bridgehead atoms. The predicted octanol–water partition coefficient (Wildman–Crippen LogP) is 2.29. The van der Waals surface area contributed by atoms with Crippen LogP contribution in [0.2, 0.25) is 0 Å². The third-order valence-corrected chi connectivity index (χ3v) is 5.50. The zero-order valence-electron chi connectivity index (χ0n) is 11.7. The van der Waals surface area contributed by atoms with Crippen molar-refractivity contribution in [3.8, 4) is 0 Å². The minimum atomic E-state index is -3.46. The molecule has 1 aromatic rings. The molecule has 106 valence electrons. The fourth-order valence-electron chi connectivity index (χ4n) is 2.37. The van der Waals surface area contributed by atoms with Crippen LogP contribution in [0.4, 0.5) is 5.69 Å². The lowest BCUT2D eigenvalue weighted by atomic mass is 9.93. The van der Waals surface area contributed by atoms with Crippen molar-refractivity contribution in [1.29, 1.82) is 0 Å². The Bertz CT molecular complexity index is 555. The van der Waals surface area contributed by atoms with Crippen LogP contribution in [0.25, 0.3) is 0 Å². The van der Waals surface area contributed by atoms with Crippen LogP contribution >= 0.6 is 0 Å². The van der Waals surface area contributed by atoms with Crippen LogP contribution in [-0.4, -0.2) is 15.0 Å². The van der Waals surface area contributed by atoms with E-state index in [4.69, 9.17) is 5.73 Å². The minimum Gasteiger partial charge on any atom is -0.399 e. The fourth-order valence-corrected chi connectivity index (χ4v) is 3.65. The highest BCUT2D eigenvalue weighted by Crippen LogP contribution is 2.51. The van der Waals surface area contributed by atoms with E-state index in [-0.39, 0.29) is 10.3 Å². The van der Waals surface area contributed by atoms with Gasteiger partial charge in [0.2, 0.25) is 10.0 Å². The molecule has 3 N–H and O–H groups in total. The van der Waals surface area contributed by atoms with Crippen LogP contribution in [0.15, 0.2) is 23.1 Å². The second-order valence-corrected chi connectivity index (χ2v) is 7.69. The molecule has 0 spiro atoms. The number of rotatable bonds is 5. The number of benzene rings is 1. The van der Waals surface area contributed by atoms with Crippen LogP contribution in [0.1, 0.15) is 32.3 Å². The van der Waals surface area contributed by atoms with Gasteiger partial charge in [0.15, 0.2) is 0 Å². The summed E-state index contributed by atoms with van der Waals surface area (Å²) in [6.07, 6.45) is 2.20. The van der Waals surface area contributed by atoms with Crippen molar-refractivity contribution in [2.24, 2.45) is 11.3 Å². The molecule has 0 unspecified atom stereocenters. The predicted molar refractivity (Wildman–Crippen MR) is 77.3 cm³/mol. The number of aryl methyl sites for hydroxylation is 1. The van der Waals surface area contributed by atoms with Crippen molar-refractivity contribution in [3.05, 3.63) is 23.8 Å². The molecule has 0 atom stereocenters. The highest BCUT2D eigenvalue weighted by molar-refractivity contribution is 7.89. The maximum atomic E-state index is 12.3. The van der Waals surface area contributed by atoms with Crippen molar-refractivity contribution in [2.45, 2.75) is 38.5 Å². The van der Waals surface area contributed by atoms with Gasteiger partial charge in [-0.15, -0.1) is 0 Å². The van der Waals surface area contributed by atoms with Gasteiger partial charge in [0.25, 0.3) is 0 Å². The maximum absolute atomic E-state index is 12.3. The van der Waals surface area contributed by atoms with Gasteiger partial charge in [-0.2, -0.15) is 0 Å². The molecule has 19 heavy (non-hydrogen) atoms. The second-order valence-electron chi connectivity index (χ2n) is 5.92. The summed E-state index contributed by atoms with van der Waals surface area (Å²) in [4.78, 5) is 0.254. The molecule has 1 aliphatic rings. The molecular weight excluding hydrogens is 260 g/mol. The Hall–Kier alpha value is -1.07. The molecule has 0 heterocycles. The Morgan fingerprint density at radius 1 is 1.32 bits per heavy atom. The van der Waals surface area contributed by atoms with Gasteiger partial charge in [-0.05, 0) is 54.9 Å². The molecule has 0 radical (unpaired) electrons. The summed E-state index contributed by atoms with van der Waals surface area (Å²) in [7, 11) is -3.46. The van der Waals surface area contributed by atoms with E-state index in [1.165, 1.54) is 6.07 Å². The highest BCUT2D eigenvalue weighted by Gasteiger charge is 2.45. The van der Waals surface area contributed by atoms with E-state index in [0.717, 1.165) is 18.4 Å². The molecule has 1 saturated carbocycles. The number of sulfonamides is 1. The van der Waals surface area contributed by atoms with Gasteiger partial charge in [0, 0.05) is 12.2 Å². The number of anilines is 1. The van der Waals surface area contributed by atoms with Crippen molar-refractivity contribution in [3.63, 3.8) is 0 Å². The normalized spacial score (nSPS) is 17.7. The zero-order chi connectivity index (χ0) is 14.3. The van der Waals surface area contributed by atoms with Crippen LogP contribution in [0.5, 0.6) is 0 Å². The molecule has 0 aromatic heterocycles. The Morgan fingerprint density at radius 2 is 1.95 bits per heavy atom. The number of hydrogen-bond donors (Lipinski definition) is 2. The van der Waals surface area contributed by atoms with E-state index in [1.54, 1.807) is 12.1 Å². The van der Waals surface area contributed by atoms with Crippen LogP contribution in [0.3, 0.4) is 0 Å². The lowest BCUT2D eigenvalue weighted by Gasteiger charge is -2.20. The van der Waals surface area contributed by atoms with Crippen molar-refractivity contribution in [1.82, 2.24) is 4.72 Å². The average Bonchev–Trinajstić information content (AvgIpc) is 3.06. The molecule has 5 heteroatoms. The first-order valence-corrected chi connectivity index (χ1v) is 8.10. The van der Waals surface area contributed by atoms with Gasteiger partial charge in [-0.3, -0.25) is 0 Å².